The first-order valence-corrected chi connectivity index (χ1v) is 8.81. The van der Waals surface area contributed by atoms with Crippen LogP contribution in [0.5, 0.6) is 0 Å². The molecule has 0 aromatic rings. The zero-order chi connectivity index (χ0) is 14.4. The van der Waals surface area contributed by atoms with Gasteiger partial charge in [-0.2, -0.15) is 0 Å². The standard InChI is InChI=1S/C18H32O2/c1-13(2)16-6-5-14(3)11-18(16,19)15-7-10-20-17(12-15)8-4-9-17/h13-16,19H,4-12H2,1-3H3. The molecule has 2 saturated carbocycles. The van der Waals surface area contributed by atoms with E-state index in [1.165, 1.54) is 32.1 Å². The Bertz CT molecular complexity index is 347. The van der Waals surface area contributed by atoms with Crippen LogP contribution < -0.4 is 0 Å². The summed E-state index contributed by atoms with van der Waals surface area (Å²) in [6.07, 6.45) is 9.45. The molecule has 0 radical (unpaired) electrons. The van der Waals surface area contributed by atoms with Crippen molar-refractivity contribution < 1.29 is 9.84 Å². The minimum absolute atomic E-state index is 0.154. The summed E-state index contributed by atoms with van der Waals surface area (Å²) in [5.41, 5.74) is -0.279. The lowest BCUT2D eigenvalue weighted by Crippen LogP contribution is -2.57. The summed E-state index contributed by atoms with van der Waals surface area (Å²) in [5, 5.41) is 11.6. The van der Waals surface area contributed by atoms with Gasteiger partial charge in [0.15, 0.2) is 0 Å². The molecule has 0 amide bonds. The van der Waals surface area contributed by atoms with Crippen molar-refractivity contribution in [3.63, 3.8) is 0 Å². The molecule has 4 atom stereocenters. The van der Waals surface area contributed by atoms with Crippen molar-refractivity contribution in [1.82, 2.24) is 0 Å². The average molecular weight is 280 g/mol. The largest absolute Gasteiger partial charge is 0.389 e. The lowest BCUT2D eigenvalue weighted by Gasteiger charge is -2.55. The molecule has 1 heterocycles. The normalized spacial score (nSPS) is 44.5. The Morgan fingerprint density at radius 3 is 2.45 bits per heavy atom. The Morgan fingerprint density at radius 2 is 1.85 bits per heavy atom. The van der Waals surface area contributed by atoms with Gasteiger partial charge in [-0.1, -0.05) is 27.2 Å². The van der Waals surface area contributed by atoms with Crippen LogP contribution >= 0.6 is 0 Å². The fraction of sp³-hybridized carbons (Fsp3) is 1.00. The van der Waals surface area contributed by atoms with Crippen LogP contribution in [0.2, 0.25) is 0 Å². The molecular formula is C18H32O2. The van der Waals surface area contributed by atoms with Gasteiger partial charge in [-0.3, -0.25) is 0 Å². The maximum atomic E-state index is 11.6. The molecule has 116 valence electrons. The molecule has 0 aromatic heterocycles. The smallest absolute Gasteiger partial charge is 0.0710 e. The van der Waals surface area contributed by atoms with E-state index in [0.29, 0.717) is 23.7 Å². The molecule has 3 fully saturated rings. The quantitative estimate of drug-likeness (QED) is 0.823. The van der Waals surface area contributed by atoms with E-state index in [9.17, 15) is 5.11 Å². The fourth-order valence-corrected chi connectivity index (χ4v) is 5.28. The van der Waals surface area contributed by atoms with E-state index in [2.05, 4.69) is 20.8 Å². The van der Waals surface area contributed by atoms with Crippen LogP contribution in [0.4, 0.5) is 0 Å². The van der Waals surface area contributed by atoms with E-state index in [0.717, 1.165) is 25.9 Å². The highest BCUT2D eigenvalue weighted by Gasteiger charge is 2.53. The van der Waals surface area contributed by atoms with Crippen molar-refractivity contribution in [2.75, 3.05) is 6.61 Å². The Kier molecular flexibility index (Phi) is 3.92. The van der Waals surface area contributed by atoms with E-state index in [1.54, 1.807) is 0 Å². The van der Waals surface area contributed by atoms with E-state index in [-0.39, 0.29) is 5.60 Å². The first-order valence-electron chi connectivity index (χ1n) is 8.81. The van der Waals surface area contributed by atoms with Crippen LogP contribution in [0.25, 0.3) is 0 Å². The number of aliphatic hydroxyl groups is 1. The summed E-state index contributed by atoms with van der Waals surface area (Å²) in [4.78, 5) is 0. The summed E-state index contributed by atoms with van der Waals surface area (Å²) in [7, 11) is 0. The van der Waals surface area contributed by atoms with Crippen LogP contribution in [0.1, 0.15) is 72.1 Å². The van der Waals surface area contributed by atoms with Gasteiger partial charge in [0.05, 0.1) is 11.2 Å². The van der Waals surface area contributed by atoms with Crippen LogP contribution in [0, 0.1) is 23.7 Å². The molecule has 1 aliphatic heterocycles. The molecule has 0 bridgehead atoms. The van der Waals surface area contributed by atoms with Crippen LogP contribution in [-0.4, -0.2) is 22.9 Å². The minimum atomic E-state index is -0.432. The van der Waals surface area contributed by atoms with Crippen molar-refractivity contribution >= 4 is 0 Å². The Hall–Kier alpha value is -0.0800. The second-order valence-corrected chi connectivity index (χ2v) is 8.30. The molecule has 3 aliphatic rings. The first kappa shape index (κ1) is 14.8. The summed E-state index contributed by atoms with van der Waals surface area (Å²) in [6, 6.07) is 0. The third kappa shape index (κ3) is 2.43. The zero-order valence-corrected chi connectivity index (χ0v) is 13.5. The molecular weight excluding hydrogens is 248 g/mol. The molecule has 1 N–H and O–H groups in total. The lowest BCUT2D eigenvalue weighted by molar-refractivity contribution is -0.201. The third-order valence-electron chi connectivity index (χ3n) is 6.56. The highest BCUT2D eigenvalue weighted by molar-refractivity contribution is 5.04. The van der Waals surface area contributed by atoms with E-state index < -0.39 is 5.60 Å². The number of hydrogen-bond acceptors (Lipinski definition) is 2. The van der Waals surface area contributed by atoms with E-state index >= 15 is 0 Å². The van der Waals surface area contributed by atoms with Gasteiger partial charge < -0.3 is 9.84 Å². The summed E-state index contributed by atoms with van der Waals surface area (Å²) in [5.74, 6) is 2.22. The molecule has 4 unspecified atom stereocenters. The average Bonchev–Trinajstić information content (AvgIpc) is 2.36. The number of hydrogen-bond donors (Lipinski definition) is 1. The van der Waals surface area contributed by atoms with Gasteiger partial charge in [0.2, 0.25) is 0 Å². The van der Waals surface area contributed by atoms with Gasteiger partial charge in [0.1, 0.15) is 0 Å². The third-order valence-corrected chi connectivity index (χ3v) is 6.56. The highest BCUT2D eigenvalue weighted by atomic mass is 16.5. The summed E-state index contributed by atoms with van der Waals surface area (Å²) < 4.78 is 6.08. The number of ether oxygens (including phenoxy) is 1. The Balaban J connectivity index is 1.80. The topological polar surface area (TPSA) is 29.5 Å². The summed E-state index contributed by atoms with van der Waals surface area (Å²) in [6.45, 7) is 7.78. The molecule has 2 aliphatic carbocycles. The van der Waals surface area contributed by atoms with Gasteiger partial charge in [-0.25, -0.2) is 0 Å². The van der Waals surface area contributed by atoms with Crippen molar-refractivity contribution in [2.24, 2.45) is 23.7 Å². The first-order chi connectivity index (χ1) is 9.45. The maximum absolute atomic E-state index is 11.6. The van der Waals surface area contributed by atoms with Gasteiger partial charge in [-0.15, -0.1) is 0 Å². The minimum Gasteiger partial charge on any atom is -0.389 e. The fourth-order valence-electron chi connectivity index (χ4n) is 5.28. The molecule has 3 rings (SSSR count). The van der Waals surface area contributed by atoms with Gasteiger partial charge in [0, 0.05) is 6.61 Å². The second kappa shape index (κ2) is 5.28. The summed E-state index contributed by atoms with van der Waals surface area (Å²) >= 11 is 0. The van der Waals surface area contributed by atoms with Gasteiger partial charge in [-0.05, 0) is 68.6 Å². The van der Waals surface area contributed by atoms with Crippen molar-refractivity contribution in [3.05, 3.63) is 0 Å². The monoisotopic (exact) mass is 280 g/mol. The predicted octanol–water partition coefficient (Wildman–Crippen LogP) is 4.16. The van der Waals surface area contributed by atoms with Crippen LogP contribution in [0.15, 0.2) is 0 Å². The second-order valence-electron chi connectivity index (χ2n) is 8.30. The molecule has 1 spiro atoms. The Morgan fingerprint density at radius 1 is 1.10 bits per heavy atom. The highest BCUT2D eigenvalue weighted by Crippen LogP contribution is 2.53. The Labute approximate surface area is 124 Å². The van der Waals surface area contributed by atoms with Gasteiger partial charge in [0.25, 0.3) is 0 Å². The number of rotatable bonds is 2. The zero-order valence-electron chi connectivity index (χ0n) is 13.5. The molecule has 2 nitrogen and oxygen atoms in total. The SMILES string of the molecule is CC1CCC(C(C)C)C(O)(C2CCOC3(CCC3)C2)C1. The molecule has 0 aromatic carbocycles. The maximum Gasteiger partial charge on any atom is 0.0710 e. The molecule has 1 saturated heterocycles. The van der Waals surface area contributed by atoms with E-state index in [4.69, 9.17) is 4.74 Å². The predicted molar refractivity (Wildman–Crippen MR) is 81.6 cm³/mol. The van der Waals surface area contributed by atoms with Crippen molar-refractivity contribution in [2.45, 2.75) is 83.3 Å². The molecule has 20 heavy (non-hydrogen) atoms. The van der Waals surface area contributed by atoms with Crippen LogP contribution in [-0.2, 0) is 4.74 Å². The van der Waals surface area contributed by atoms with E-state index in [1.807, 2.05) is 0 Å². The molecule has 2 heteroatoms. The van der Waals surface area contributed by atoms with Crippen molar-refractivity contribution in [3.8, 4) is 0 Å². The van der Waals surface area contributed by atoms with Crippen LogP contribution in [0.3, 0.4) is 0 Å². The van der Waals surface area contributed by atoms with Gasteiger partial charge >= 0.3 is 0 Å². The lowest BCUT2D eigenvalue weighted by atomic mass is 9.58. The van der Waals surface area contributed by atoms with Crippen molar-refractivity contribution in [1.29, 1.82) is 0 Å².